The van der Waals surface area contributed by atoms with E-state index in [1.165, 1.54) is 33.2 Å². The van der Waals surface area contributed by atoms with E-state index < -0.39 is 0 Å². The lowest BCUT2D eigenvalue weighted by Crippen LogP contribution is -2.47. The quantitative estimate of drug-likeness (QED) is 0.408. The predicted octanol–water partition coefficient (Wildman–Crippen LogP) is 3.30. The van der Waals surface area contributed by atoms with Crippen LogP contribution in [0.2, 0.25) is 0 Å². The van der Waals surface area contributed by atoms with Crippen molar-refractivity contribution in [2.75, 3.05) is 43.0 Å². The molecule has 0 unspecified atom stereocenters. The average Bonchev–Trinajstić information content (AvgIpc) is 3.08. The highest BCUT2D eigenvalue weighted by Crippen LogP contribution is 2.32. The van der Waals surface area contributed by atoms with Gasteiger partial charge in [0.25, 0.3) is 11.5 Å². The monoisotopic (exact) mass is 495 g/mol. The Morgan fingerprint density at radius 1 is 1.03 bits per heavy atom. The summed E-state index contributed by atoms with van der Waals surface area (Å²) in [6.07, 6.45) is 3.37. The number of likely N-dealkylation sites (N-methyl/N-ethyl adjacent to an activating group) is 1. The minimum Gasteiger partial charge on any atom is -0.368 e. The minimum atomic E-state index is -0.263. The molecule has 0 saturated carbocycles. The summed E-state index contributed by atoms with van der Waals surface area (Å²) in [4.78, 5) is 37.1. The van der Waals surface area contributed by atoms with Crippen LogP contribution >= 0.6 is 24.0 Å². The van der Waals surface area contributed by atoms with E-state index in [0.29, 0.717) is 52.4 Å². The van der Waals surface area contributed by atoms with Crippen molar-refractivity contribution in [1.29, 1.82) is 0 Å². The first-order valence-corrected chi connectivity index (χ1v) is 12.0. The number of nitrogens with zero attached hydrogens (tertiary/aromatic N) is 5. The Hall–Kier alpha value is -3.24. The molecule has 0 aliphatic carbocycles. The molecule has 1 amide bonds. The van der Waals surface area contributed by atoms with Gasteiger partial charge in [-0.25, -0.2) is 9.37 Å². The van der Waals surface area contributed by atoms with E-state index in [1.807, 2.05) is 19.1 Å². The van der Waals surface area contributed by atoms with Crippen molar-refractivity contribution in [1.82, 2.24) is 14.3 Å². The summed E-state index contributed by atoms with van der Waals surface area (Å²) in [5.41, 5.74) is 2.57. The van der Waals surface area contributed by atoms with E-state index >= 15 is 0 Å². The fraction of sp³-hybridized carbons (Fsp3) is 0.250. The number of aromatic nitrogens is 2. The SMILES string of the molecule is Cc1ccc2nc(N3CCN(c4ccc(F)cc4)CC3)c(C=C3SC(=S)N(C)C3=O)c(=O)n2c1. The Morgan fingerprint density at radius 3 is 2.35 bits per heavy atom. The van der Waals surface area contributed by atoms with Gasteiger partial charge in [-0.15, -0.1) is 0 Å². The Kier molecular flexibility index (Phi) is 5.86. The zero-order valence-corrected chi connectivity index (χ0v) is 20.3. The highest BCUT2D eigenvalue weighted by atomic mass is 32.2. The summed E-state index contributed by atoms with van der Waals surface area (Å²) in [5.74, 6) is 0.0606. The van der Waals surface area contributed by atoms with Gasteiger partial charge < -0.3 is 9.80 Å². The zero-order valence-electron chi connectivity index (χ0n) is 18.7. The second kappa shape index (κ2) is 8.84. The molecule has 0 atom stereocenters. The van der Waals surface area contributed by atoms with Crippen molar-refractivity contribution in [3.05, 3.63) is 74.8 Å². The second-order valence-electron chi connectivity index (χ2n) is 8.28. The van der Waals surface area contributed by atoms with Gasteiger partial charge in [-0.2, -0.15) is 0 Å². The van der Waals surface area contributed by atoms with Crippen LogP contribution < -0.4 is 15.4 Å². The van der Waals surface area contributed by atoms with E-state index in [-0.39, 0.29) is 17.3 Å². The largest absolute Gasteiger partial charge is 0.368 e. The molecule has 1 aromatic carbocycles. The maximum Gasteiger partial charge on any atom is 0.267 e. The van der Waals surface area contributed by atoms with Crippen molar-refractivity contribution in [2.45, 2.75) is 6.92 Å². The molecular formula is C24H22FN5O2S2. The smallest absolute Gasteiger partial charge is 0.267 e. The predicted molar refractivity (Wildman–Crippen MR) is 138 cm³/mol. The number of carbonyl (C=O) groups excluding carboxylic acids is 1. The van der Waals surface area contributed by atoms with Gasteiger partial charge in [0.2, 0.25) is 0 Å². The van der Waals surface area contributed by atoms with Crippen LogP contribution in [0.25, 0.3) is 11.7 Å². The van der Waals surface area contributed by atoms with Crippen LogP contribution in [0.1, 0.15) is 11.1 Å². The minimum absolute atomic E-state index is 0.226. The van der Waals surface area contributed by atoms with Crippen LogP contribution in [0.3, 0.4) is 0 Å². The van der Waals surface area contributed by atoms with Crippen molar-refractivity contribution in [3.8, 4) is 0 Å². The third-order valence-corrected chi connectivity index (χ3v) is 7.50. The normalized spacial score (nSPS) is 18.0. The topological polar surface area (TPSA) is 61.2 Å². The molecule has 4 heterocycles. The summed E-state index contributed by atoms with van der Waals surface area (Å²) in [5, 5.41) is 0. The standard InChI is InChI=1S/C24H22FN5O2S2/c1-15-3-8-20-26-21(29-11-9-28(10-12-29)17-6-4-16(25)5-7-17)18(22(31)30(20)14-15)13-19-23(32)27(2)24(33)34-19/h3-8,13-14H,9-12H2,1-2H3. The first kappa shape index (κ1) is 22.5. The average molecular weight is 496 g/mol. The molecule has 10 heteroatoms. The summed E-state index contributed by atoms with van der Waals surface area (Å²) >= 11 is 6.44. The molecule has 0 bridgehead atoms. The molecule has 34 heavy (non-hydrogen) atoms. The van der Waals surface area contributed by atoms with Gasteiger partial charge in [-0.05, 0) is 48.9 Å². The van der Waals surface area contributed by atoms with Crippen LogP contribution in [-0.2, 0) is 4.79 Å². The molecule has 0 spiro atoms. The molecular weight excluding hydrogens is 473 g/mol. The third kappa shape index (κ3) is 4.07. The first-order valence-electron chi connectivity index (χ1n) is 10.8. The van der Waals surface area contributed by atoms with Crippen molar-refractivity contribution in [3.63, 3.8) is 0 Å². The molecule has 0 radical (unpaired) electrons. The number of hydrogen-bond donors (Lipinski definition) is 0. The van der Waals surface area contributed by atoms with Gasteiger partial charge in [-0.3, -0.25) is 18.9 Å². The molecule has 5 rings (SSSR count). The number of amides is 1. The number of aryl methyl sites for hydroxylation is 1. The number of rotatable bonds is 3. The fourth-order valence-corrected chi connectivity index (χ4v) is 5.28. The first-order chi connectivity index (χ1) is 16.3. The lowest BCUT2D eigenvalue weighted by atomic mass is 10.2. The Balaban J connectivity index is 1.54. The van der Waals surface area contributed by atoms with E-state index in [9.17, 15) is 14.0 Å². The van der Waals surface area contributed by atoms with Crippen molar-refractivity contribution < 1.29 is 9.18 Å². The number of carbonyl (C=O) groups is 1. The van der Waals surface area contributed by atoms with Crippen molar-refractivity contribution >= 4 is 57.4 Å². The highest BCUT2D eigenvalue weighted by molar-refractivity contribution is 8.26. The molecule has 3 aromatic rings. The number of fused-ring (bicyclic) bond motifs is 1. The van der Waals surface area contributed by atoms with Gasteiger partial charge in [-0.1, -0.05) is 30.0 Å². The number of benzene rings is 1. The molecule has 0 N–H and O–H groups in total. The van der Waals surface area contributed by atoms with Crippen LogP contribution in [0.4, 0.5) is 15.9 Å². The summed E-state index contributed by atoms with van der Waals surface area (Å²) < 4.78 is 15.3. The van der Waals surface area contributed by atoms with Gasteiger partial charge in [0, 0.05) is 45.1 Å². The summed E-state index contributed by atoms with van der Waals surface area (Å²) in [7, 11) is 1.63. The molecule has 2 fully saturated rings. The van der Waals surface area contributed by atoms with E-state index in [4.69, 9.17) is 17.2 Å². The Labute approximate surface area is 205 Å². The van der Waals surface area contributed by atoms with Crippen LogP contribution in [0.15, 0.2) is 52.3 Å². The maximum absolute atomic E-state index is 13.6. The summed E-state index contributed by atoms with van der Waals surface area (Å²) in [6, 6.07) is 10.2. The number of hydrogen-bond acceptors (Lipinski definition) is 7. The lowest BCUT2D eigenvalue weighted by Gasteiger charge is -2.37. The third-order valence-electron chi connectivity index (χ3n) is 6.02. The van der Waals surface area contributed by atoms with Gasteiger partial charge >= 0.3 is 0 Å². The highest BCUT2D eigenvalue weighted by Gasteiger charge is 2.30. The number of thiocarbonyl (C=S) groups is 1. The molecule has 2 saturated heterocycles. The lowest BCUT2D eigenvalue weighted by molar-refractivity contribution is -0.121. The molecule has 2 aromatic heterocycles. The number of pyridine rings is 1. The zero-order chi connectivity index (χ0) is 24.0. The molecule has 7 nitrogen and oxygen atoms in total. The van der Waals surface area contributed by atoms with E-state index in [0.717, 1.165) is 11.3 Å². The fourth-order valence-electron chi connectivity index (χ4n) is 4.12. The van der Waals surface area contributed by atoms with E-state index in [1.54, 1.807) is 31.5 Å². The maximum atomic E-state index is 13.6. The Bertz CT molecular complexity index is 1390. The van der Waals surface area contributed by atoms with Gasteiger partial charge in [0.15, 0.2) is 0 Å². The molecule has 2 aliphatic rings. The molecule has 174 valence electrons. The van der Waals surface area contributed by atoms with Crippen molar-refractivity contribution in [2.24, 2.45) is 0 Å². The molecule has 2 aliphatic heterocycles. The van der Waals surface area contributed by atoms with Crippen LogP contribution in [0.5, 0.6) is 0 Å². The number of thioether (sulfide) groups is 1. The number of piperazine rings is 1. The van der Waals surface area contributed by atoms with Crippen LogP contribution in [-0.4, -0.2) is 57.7 Å². The number of anilines is 2. The van der Waals surface area contributed by atoms with Gasteiger partial charge in [0.1, 0.15) is 21.6 Å². The number of halogens is 1. The van der Waals surface area contributed by atoms with Gasteiger partial charge in [0.05, 0.1) is 10.5 Å². The van der Waals surface area contributed by atoms with Crippen LogP contribution in [0, 0.1) is 12.7 Å². The Morgan fingerprint density at radius 2 is 1.71 bits per heavy atom. The summed E-state index contributed by atoms with van der Waals surface area (Å²) in [6.45, 7) is 4.55. The van der Waals surface area contributed by atoms with E-state index in [2.05, 4.69) is 9.80 Å². The second-order valence-corrected chi connectivity index (χ2v) is 9.96.